The molecule has 72 valence electrons. The molecule has 1 aromatic rings. The van der Waals surface area contributed by atoms with Crippen molar-refractivity contribution >= 4 is 15.9 Å². The predicted octanol–water partition coefficient (Wildman–Crippen LogP) is 2.70. The molecule has 13 heavy (non-hydrogen) atoms. The number of pyridine rings is 1. The van der Waals surface area contributed by atoms with Gasteiger partial charge >= 0.3 is 6.18 Å². The van der Waals surface area contributed by atoms with E-state index in [1.54, 1.807) is 0 Å². The summed E-state index contributed by atoms with van der Waals surface area (Å²) in [7, 11) is 0. The fraction of sp³-hybridized carbons (Fsp3) is 0.286. The van der Waals surface area contributed by atoms with Crippen LogP contribution in [0.15, 0.2) is 12.3 Å². The Morgan fingerprint density at radius 3 is 2.54 bits per heavy atom. The zero-order valence-electron chi connectivity index (χ0n) is 6.27. The van der Waals surface area contributed by atoms with Crippen LogP contribution in [0.2, 0.25) is 0 Å². The number of hydrogen-bond acceptors (Lipinski definition) is 2. The maximum absolute atomic E-state index is 12.2. The first-order chi connectivity index (χ1) is 5.95. The highest BCUT2D eigenvalue weighted by molar-refractivity contribution is 9.08. The molecule has 6 heteroatoms. The number of rotatable bonds is 1. The SMILES string of the molecule is Oc1cnc(C(F)(F)F)c(CBr)c1. The van der Waals surface area contributed by atoms with E-state index in [4.69, 9.17) is 5.11 Å². The summed E-state index contributed by atoms with van der Waals surface area (Å²) in [5.41, 5.74) is -1.05. The summed E-state index contributed by atoms with van der Waals surface area (Å²) in [5.74, 6) is -0.276. The number of alkyl halides is 4. The van der Waals surface area contributed by atoms with E-state index in [9.17, 15) is 13.2 Å². The maximum atomic E-state index is 12.2. The third-order valence-corrected chi connectivity index (χ3v) is 1.97. The molecule has 1 rings (SSSR count). The number of aromatic hydroxyl groups is 1. The number of halogens is 4. The van der Waals surface area contributed by atoms with Crippen molar-refractivity contribution in [1.29, 1.82) is 0 Å². The van der Waals surface area contributed by atoms with Crippen LogP contribution in [0.5, 0.6) is 5.75 Å². The van der Waals surface area contributed by atoms with E-state index >= 15 is 0 Å². The second kappa shape index (κ2) is 3.53. The molecule has 0 radical (unpaired) electrons. The number of nitrogens with zero attached hydrogens (tertiary/aromatic N) is 1. The van der Waals surface area contributed by atoms with Gasteiger partial charge in [0.05, 0.1) is 6.20 Å². The summed E-state index contributed by atoms with van der Waals surface area (Å²) in [6, 6.07) is 1.03. The van der Waals surface area contributed by atoms with Crippen molar-refractivity contribution in [3.8, 4) is 5.75 Å². The average Bonchev–Trinajstić information content (AvgIpc) is 2.01. The van der Waals surface area contributed by atoms with E-state index < -0.39 is 11.9 Å². The lowest BCUT2D eigenvalue weighted by atomic mass is 10.2. The van der Waals surface area contributed by atoms with Gasteiger partial charge in [-0.2, -0.15) is 13.2 Å². The Morgan fingerprint density at radius 1 is 1.46 bits per heavy atom. The summed E-state index contributed by atoms with van der Waals surface area (Å²) < 4.78 is 36.6. The molecule has 0 aliphatic carbocycles. The van der Waals surface area contributed by atoms with E-state index in [1.165, 1.54) is 0 Å². The fourth-order valence-electron chi connectivity index (χ4n) is 0.855. The van der Waals surface area contributed by atoms with Crippen LogP contribution in [0.4, 0.5) is 13.2 Å². The Hall–Kier alpha value is -0.780. The predicted molar refractivity (Wildman–Crippen MR) is 43.5 cm³/mol. The molecule has 0 spiro atoms. The lowest BCUT2D eigenvalue weighted by molar-refractivity contribution is -0.141. The zero-order chi connectivity index (χ0) is 10.1. The molecule has 1 aromatic heterocycles. The molecule has 0 aromatic carbocycles. The Balaban J connectivity index is 3.22. The monoisotopic (exact) mass is 255 g/mol. The molecule has 0 aliphatic heterocycles. The van der Waals surface area contributed by atoms with Gasteiger partial charge in [0.15, 0.2) is 0 Å². The third-order valence-electron chi connectivity index (χ3n) is 1.36. The zero-order valence-corrected chi connectivity index (χ0v) is 7.85. The highest BCUT2D eigenvalue weighted by atomic mass is 79.9. The van der Waals surface area contributed by atoms with Gasteiger partial charge in [-0.3, -0.25) is 0 Å². The van der Waals surface area contributed by atoms with Crippen molar-refractivity contribution in [3.63, 3.8) is 0 Å². The van der Waals surface area contributed by atoms with Crippen molar-refractivity contribution in [2.45, 2.75) is 11.5 Å². The molecule has 0 atom stereocenters. The van der Waals surface area contributed by atoms with Gasteiger partial charge in [-0.05, 0) is 11.6 Å². The highest BCUT2D eigenvalue weighted by Gasteiger charge is 2.34. The first-order valence-electron chi connectivity index (χ1n) is 3.26. The average molecular weight is 256 g/mol. The van der Waals surface area contributed by atoms with Crippen LogP contribution in [0.3, 0.4) is 0 Å². The first-order valence-corrected chi connectivity index (χ1v) is 4.38. The Kier molecular flexibility index (Phi) is 2.80. The van der Waals surface area contributed by atoms with Gasteiger partial charge in [0.25, 0.3) is 0 Å². The van der Waals surface area contributed by atoms with Crippen LogP contribution in [-0.2, 0) is 11.5 Å². The third kappa shape index (κ3) is 2.33. The van der Waals surface area contributed by atoms with Crippen LogP contribution in [0.1, 0.15) is 11.3 Å². The van der Waals surface area contributed by atoms with Gasteiger partial charge in [0.2, 0.25) is 0 Å². The van der Waals surface area contributed by atoms with E-state index in [1.807, 2.05) is 0 Å². The van der Waals surface area contributed by atoms with E-state index in [0.29, 0.717) is 0 Å². The molecule has 0 amide bonds. The second-order valence-corrected chi connectivity index (χ2v) is 2.89. The molecule has 0 saturated heterocycles. The molecule has 1 N–H and O–H groups in total. The standard InChI is InChI=1S/C7H5BrF3NO/c8-2-4-1-5(13)3-12-6(4)7(9,10)11/h1,3,13H,2H2. The van der Waals surface area contributed by atoms with Gasteiger partial charge in [0, 0.05) is 5.33 Å². The number of aromatic nitrogens is 1. The number of hydrogen-bond donors (Lipinski definition) is 1. The largest absolute Gasteiger partial charge is 0.506 e. The van der Waals surface area contributed by atoms with Crippen LogP contribution in [-0.4, -0.2) is 10.1 Å². The van der Waals surface area contributed by atoms with Gasteiger partial charge in [-0.15, -0.1) is 0 Å². The topological polar surface area (TPSA) is 33.1 Å². The molecule has 2 nitrogen and oxygen atoms in total. The highest BCUT2D eigenvalue weighted by Crippen LogP contribution is 2.32. The minimum absolute atomic E-state index is 0.00322. The molecule has 0 fully saturated rings. The Bertz CT molecular complexity index is 313. The molecule has 0 unspecified atom stereocenters. The molecular formula is C7H5BrF3NO. The minimum Gasteiger partial charge on any atom is -0.506 e. The maximum Gasteiger partial charge on any atom is 0.433 e. The van der Waals surface area contributed by atoms with Crippen molar-refractivity contribution in [1.82, 2.24) is 4.98 Å². The van der Waals surface area contributed by atoms with Gasteiger partial charge < -0.3 is 5.11 Å². The van der Waals surface area contributed by atoms with Crippen LogP contribution in [0.25, 0.3) is 0 Å². The summed E-state index contributed by atoms with van der Waals surface area (Å²) in [6.07, 6.45) is -3.70. The summed E-state index contributed by atoms with van der Waals surface area (Å²) in [6.45, 7) is 0. The smallest absolute Gasteiger partial charge is 0.433 e. The van der Waals surface area contributed by atoms with Crippen molar-refractivity contribution in [2.75, 3.05) is 0 Å². The molecular weight excluding hydrogens is 251 g/mol. The lowest BCUT2D eigenvalue weighted by Crippen LogP contribution is -2.10. The molecule has 1 heterocycles. The lowest BCUT2D eigenvalue weighted by Gasteiger charge is -2.09. The van der Waals surface area contributed by atoms with E-state index in [0.717, 1.165) is 12.3 Å². The van der Waals surface area contributed by atoms with Crippen LogP contribution >= 0.6 is 15.9 Å². The molecule has 0 aliphatic rings. The van der Waals surface area contributed by atoms with E-state index in [2.05, 4.69) is 20.9 Å². The second-order valence-electron chi connectivity index (χ2n) is 2.33. The molecule has 0 saturated carbocycles. The Morgan fingerprint density at radius 2 is 2.08 bits per heavy atom. The van der Waals surface area contributed by atoms with Gasteiger partial charge in [0.1, 0.15) is 11.4 Å². The minimum atomic E-state index is -4.48. The van der Waals surface area contributed by atoms with Crippen LogP contribution < -0.4 is 0 Å². The van der Waals surface area contributed by atoms with Crippen LogP contribution in [0, 0.1) is 0 Å². The summed E-state index contributed by atoms with van der Waals surface area (Å²) in [5, 5.41) is 8.89. The van der Waals surface area contributed by atoms with E-state index in [-0.39, 0.29) is 16.6 Å². The van der Waals surface area contributed by atoms with Gasteiger partial charge in [-0.25, -0.2) is 4.98 Å². The normalized spacial score (nSPS) is 11.7. The molecule has 0 bridgehead atoms. The quantitative estimate of drug-likeness (QED) is 0.783. The van der Waals surface area contributed by atoms with Crippen molar-refractivity contribution in [2.24, 2.45) is 0 Å². The van der Waals surface area contributed by atoms with Gasteiger partial charge in [-0.1, -0.05) is 15.9 Å². The van der Waals surface area contributed by atoms with Crippen molar-refractivity contribution < 1.29 is 18.3 Å². The summed E-state index contributed by atoms with van der Waals surface area (Å²) in [4.78, 5) is 3.12. The first kappa shape index (κ1) is 10.3. The fourth-order valence-corrected chi connectivity index (χ4v) is 1.28. The Labute approximate surface area is 80.5 Å². The van der Waals surface area contributed by atoms with Crippen molar-refractivity contribution in [3.05, 3.63) is 23.5 Å². The summed E-state index contributed by atoms with van der Waals surface area (Å²) >= 11 is 2.88.